The van der Waals surface area contributed by atoms with Crippen LogP contribution in [0, 0.1) is 0 Å². The zero-order valence-electron chi connectivity index (χ0n) is 14.7. The van der Waals surface area contributed by atoms with Gasteiger partial charge in [-0.05, 0) is 42.5 Å². The number of ether oxygens (including phenoxy) is 2. The van der Waals surface area contributed by atoms with Crippen LogP contribution in [0.2, 0.25) is 0 Å². The number of aromatic amines is 1. The molecule has 134 valence electrons. The minimum absolute atomic E-state index is 0.0752. The number of methoxy groups -OCH3 is 2. The number of hydrogen-bond donors (Lipinski definition) is 1. The third-order valence-corrected chi connectivity index (χ3v) is 4.88. The summed E-state index contributed by atoms with van der Waals surface area (Å²) in [6.07, 6.45) is 2.13. The zero-order chi connectivity index (χ0) is 17.8. The Labute approximate surface area is 146 Å². The van der Waals surface area contributed by atoms with Crippen molar-refractivity contribution in [3.63, 3.8) is 0 Å². The van der Waals surface area contributed by atoms with Crippen LogP contribution in [0.1, 0.15) is 30.9 Å². The van der Waals surface area contributed by atoms with Crippen molar-refractivity contribution in [3.8, 4) is 5.75 Å². The van der Waals surface area contributed by atoms with Crippen LogP contribution in [-0.4, -0.2) is 49.7 Å². The van der Waals surface area contributed by atoms with E-state index in [-0.39, 0.29) is 17.4 Å². The third-order valence-electron chi connectivity index (χ3n) is 4.88. The molecule has 3 rings (SSSR count). The van der Waals surface area contributed by atoms with Gasteiger partial charge in [-0.1, -0.05) is 0 Å². The number of fused-ring (bicyclic) bond motifs is 1. The summed E-state index contributed by atoms with van der Waals surface area (Å²) >= 11 is 0. The Morgan fingerprint density at radius 2 is 2.00 bits per heavy atom. The second-order valence-corrected chi connectivity index (χ2v) is 6.40. The smallest absolute Gasteiger partial charge is 0.256 e. The Balaban J connectivity index is 1.75. The molecule has 1 aliphatic rings. The number of nitrogens with zero attached hydrogens (tertiary/aromatic N) is 1. The van der Waals surface area contributed by atoms with Gasteiger partial charge in [0, 0.05) is 37.2 Å². The van der Waals surface area contributed by atoms with E-state index in [0.717, 1.165) is 29.7 Å². The highest BCUT2D eigenvalue weighted by Crippen LogP contribution is 2.28. The van der Waals surface area contributed by atoms with Crippen molar-refractivity contribution in [1.82, 2.24) is 9.88 Å². The average molecular weight is 344 g/mol. The first-order valence-corrected chi connectivity index (χ1v) is 8.60. The molecule has 0 atom stereocenters. The van der Waals surface area contributed by atoms with E-state index in [1.165, 1.54) is 0 Å². The van der Waals surface area contributed by atoms with Crippen molar-refractivity contribution in [1.29, 1.82) is 0 Å². The maximum absolute atomic E-state index is 12.4. The summed E-state index contributed by atoms with van der Waals surface area (Å²) in [4.78, 5) is 29.3. The minimum atomic E-state index is -0.0752. The number of aromatic nitrogens is 1. The molecule has 1 fully saturated rings. The summed E-state index contributed by atoms with van der Waals surface area (Å²) in [5.41, 5.74) is 0.864. The number of pyridine rings is 1. The van der Waals surface area contributed by atoms with Crippen LogP contribution in [0.25, 0.3) is 10.8 Å². The molecule has 2 heterocycles. The number of likely N-dealkylation sites (tertiary alicyclic amines) is 1. The topological polar surface area (TPSA) is 71.6 Å². The highest BCUT2D eigenvalue weighted by Gasteiger charge is 2.24. The first-order chi connectivity index (χ1) is 12.1. The number of nitrogens with one attached hydrogen (secondary N) is 1. The van der Waals surface area contributed by atoms with Gasteiger partial charge in [-0.3, -0.25) is 9.59 Å². The van der Waals surface area contributed by atoms with E-state index in [9.17, 15) is 9.59 Å². The number of H-pyrrole nitrogens is 1. The second kappa shape index (κ2) is 7.70. The largest absolute Gasteiger partial charge is 0.497 e. The van der Waals surface area contributed by atoms with Gasteiger partial charge in [0.25, 0.3) is 5.56 Å². The Hall–Kier alpha value is -2.34. The van der Waals surface area contributed by atoms with Gasteiger partial charge in [0.2, 0.25) is 5.91 Å². The molecule has 25 heavy (non-hydrogen) atoms. The highest BCUT2D eigenvalue weighted by molar-refractivity contribution is 5.83. The molecule has 0 saturated carbocycles. The van der Waals surface area contributed by atoms with Crippen LogP contribution < -0.4 is 10.3 Å². The van der Waals surface area contributed by atoms with Crippen molar-refractivity contribution in [2.75, 3.05) is 33.9 Å². The van der Waals surface area contributed by atoms with Gasteiger partial charge >= 0.3 is 0 Å². The summed E-state index contributed by atoms with van der Waals surface area (Å²) < 4.78 is 10.2. The van der Waals surface area contributed by atoms with Gasteiger partial charge in [-0.25, -0.2) is 0 Å². The number of rotatable bonds is 5. The summed E-state index contributed by atoms with van der Waals surface area (Å²) in [6.45, 7) is 1.88. The van der Waals surface area contributed by atoms with Crippen LogP contribution in [0.5, 0.6) is 5.75 Å². The van der Waals surface area contributed by atoms with Crippen LogP contribution >= 0.6 is 0 Å². The number of amides is 1. The first-order valence-electron chi connectivity index (χ1n) is 8.60. The Morgan fingerprint density at radius 3 is 2.68 bits per heavy atom. The maximum atomic E-state index is 12.4. The molecular weight excluding hydrogens is 320 g/mol. The summed E-state index contributed by atoms with van der Waals surface area (Å²) in [6, 6.07) is 7.50. The van der Waals surface area contributed by atoms with Crippen molar-refractivity contribution in [2.45, 2.75) is 25.2 Å². The van der Waals surface area contributed by atoms with Crippen molar-refractivity contribution < 1.29 is 14.3 Å². The molecule has 1 N–H and O–H groups in total. The van der Waals surface area contributed by atoms with Gasteiger partial charge < -0.3 is 19.4 Å². The number of piperidine rings is 1. The standard InChI is InChI=1S/C19H24N2O4/c1-24-10-7-18(22)21-8-5-13(6-9-21)17-12-14-11-15(25-2)3-4-16(14)19(23)20-17/h3-4,11-13H,5-10H2,1-2H3,(H,20,23). The van der Waals surface area contributed by atoms with Gasteiger partial charge in [-0.2, -0.15) is 0 Å². The number of hydrogen-bond acceptors (Lipinski definition) is 4. The monoisotopic (exact) mass is 344 g/mol. The normalized spacial score (nSPS) is 15.5. The van der Waals surface area contributed by atoms with Crippen LogP contribution in [0.4, 0.5) is 0 Å². The molecule has 6 nitrogen and oxygen atoms in total. The number of carbonyl (C=O) groups excluding carboxylic acids is 1. The molecule has 1 amide bonds. The summed E-state index contributed by atoms with van der Waals surface area (Å²) in [5.74, 6) is 1.13. The highest BCUT2D eigenvalue weighted by atomic mass is 16.5. The predicted molar refractivity (Wildman–Crippen MR) is 96.2 cm³/mol. The Bertz CT molecular complexity index is 807. The van der Waals surface area contributed by atoms with Gasteiger partial charge in [0.1, 0.15) is 5.75 Å². The molecule has 1 aromatic carbocycles. The van der Waals surface area contributed by atoms with Crippen LogP contribution in [0.15, 0.2) is 29.1 Å². The fraction of sp³-hybridized carbons (Fsp3) is 0.474. The zero-order valence-corrected chi connectivity index (χ0v) is 14.7. The molecule has 1 saturated heterocycles. The second-order valence-electron chi connectivity index (χ2n) is 6.40. The van der Waals surface area contributed by atoms with E-state index in [4.69, 9.17) is 9.47 Å². The quantitative estimate of drug-likeness (QED) is 0.903. The van der Waals surface area contributed by atoms with Crippen LogP contribution in [-0.2, 0) is 9.53 Å². The van der Waals surface area contributed by atoms with Gasteiger partial charge in [-0.15, -0.1) is 0 Å². The molecule has 0 radical (unpaired) electrons. The molecule has 0 bridgehead atoms. The lowest BCUT2D eigenvalue weighted by Crippen LogP contribution is -2.38. The summed E-state index contributed by atoms with van der Waals surface area (Å²) in [7, 11) is 3.22. The lowest BCUT2D eigenvalue weighted by atomic mass is 9.92. The molecule has 6 heteroatoms. The predicted octanol–water partition coefficient (Wildman–Crippen LogP) is 2.28. The fourth-order valence-corrected chi connectivity index (χ4v) is 3.40. The van der Waals surface area contributed by atoms with E-state index in [0.29, 0.717) is 31.5 Å². The average Bonchev–Trinajstić information content (AvgIpc) is 2.65. The Kier molecular flexibility index (Phi) is 5.38. The van der Waals surface area contributed by atoms with Crippen LogP contribution in [0.3, 0.4) is 0 Å². The molecule has 0 spiro atoms. The van der Waals surface area contributed by atoms with Crippen molar-refractivity contribution >= 4 is 16.7 Å². The molecule has 2 aromatic rings. The molecular formula is C19H24N2O4. The van der Waals surface area contributed by atoms with Gasteiger partial charge in [0.05, 0.1) is 20.1 Å². The maximum Gasteiger partial charge on any atom is 0.256 e. The Morgan fingerprint density at radius 1 is 1.24 bits per heavy atom. The van der Waals surface area contributed by atoms with E-state index >= 15 is 0 Å². The number of benzene rings is 1. The lowest BCUT2D eigenvalue weighted by molar-refractivity contribution is -0.133. The van der Waals surface area contributed by atoms with Crippen molar-refractivity contribution in [2.24, 2.45) is 0 Å². The number of carbonyl (C=O) groups is 1. The van der Waals surface area contributed by atoms with E-state index in [1.54, 1.807) is 26.4 Å². The molecule has 1 aromatic heterocycles. The van der Waals surface area contributed by atoms with Crippen molar-refractivity contribution in [3.05, 3.63) is 40.3 Å². The SMILES string of the molecule is COCCC(=O)N1CCC(c2cc3cc(OC)ccc3c(=O)[nH]2)CC1. The lowest BCUT2D eigenvalue weighted by Gasteiger charge is -2.32. The third kappa shape index (κ3) is 3.85. The van der Waals surface area contributed by atoms with E-state index in [2.05, 4.69) is 4.98 Å². The molecule has 0 aliphatic carbocycles. The van der Waals surface area contributed by atoms with E-state index in [1.807, 2.05) is 17.0 Å². The minimum Gasteiger partial charge on any atom is -0.497 e. The molecule has 0 unspecified atom stereocenters. The van der Waals surface area contributed by atoms with Gasteiger partial charge in [0.15, 0.2) is 0 Å². The first kappa shape index (κ1) is 17.5. The van der Waals surface area contributed by atoms with E-state index < -0.39 is 0 Å². The fourth-order valence-electron chi connectivity index (χ4n) is 3.40. The summed E-state index contributed by atoms with van der Waals surface area (Å²) in [5, 5.41) is 1.55. The molecule has 1 aliphatic heterocycles.